The van der Waals surface area contributed by atoms with Crippen LogP contribution in [0.2, 0.25) is 0 Å². The number of aromatic nitrogens is 2. The van der Waals surface area contributed by atoms with Crippen LogP contribution in [0.4, 0.5) is 13.2 Å². The van der Waals surface area contributed by atoms with E-state index < -0.39 is 11.7 Å². The van der Waals surface area contributed by atoms with E-state index in [4.69, 9.17) is 4.74 Å². The molecule has 0 atom stereocenters. The number of halogens is 4. The predicted molar refractivity (Wildman–Crippen MR) is 91.3 cm³/mol. The van der Waals surface area contributed by atoms with Crippen molar-refractivity contribution in [2.24, 2.45) is 0 Å². The monoisotopic (exact) mass is 408 g/mol. The minimum atomic E-state index is -4.35. The zero-order valence-corrected chi connectivity index (χ0v) is 14.4. The minimum Gasteiger partial charge on any atom is -0.491 e. The number of alkyl halides is 3. The molecular formula is C18H12BrF3N2O. The number of benzene rings is 2. The average Bonchev–Trinajstić information content (AvgIpc) is 2.80. The summed E-state index contributed by atoms with van der Waals surface area (Å²) < 4.78 is 46.7. The van der Waals surface area contributed by atoms with Gasteiger partial charge in [-0.25, -0.2) is 4.98 Å². The van der Waals surface area contributed by atoms with Gasteiger partial charge >= 0.3 is 6.18 Å². The molecule has 1 aliphatic rings. The van der Waals surface area contributed by atoms with E-state index in [1.807, 2.05) is 28.8 Å². The number of imidazole rings is 1. The normalized spacial score (nSPS) is 13.6. The van der Waals surface area contributed by atoms with Crippen LogP contribution in [0.3, 0.4) is 0 Å². The molecule has 0 unspecified atom stereocenters. The maximum absolute atomic E-state index is 12.8. The van der Waals surface area contributed by atoms with Gasteiger partial charge in [-0.1, -0.05) is 24.3 Å². The van der Waals surface area contributed by atoms with Crippen LogP contribution in [0.1, 0.15) is 5.56 Å². The first-order valence-electron chi connectivity index (χ1n) is 7.61. The van der Waals surface area contributed by atoms with Gasteiger partial charge in [0.05, 0.1) is 17.7 Å². The first-order chi connectivity index (χ1) is 11.9. The highest BCUT2D eigenvalue weighted by molar-refractivity contribution is 9.10. The van der Waals surface area contributed by atoms with Crippen LogP contribution in [0.15, 0.2) is 53.1 Å². The summed E-state index contributed by atoms with van der Waals surface area (Å²) in [5, 5.41) is 0. The van der Waals surface area contributed by atoms with Crippen molar-refractivity contribution in [1.29, 1.82) is 0 Å². The van der Waals surface area contributed by atoms with Crippen LogP contribution < -0.4 is 4.74 Å². The van der Waals surface area contributed by atoms with E-state index >= 15 is 0 Å². The van der Waals surface area contributed by atoms with E-state index in [0.717, 1.165) is 33.9 Å². The summed E-state index contributed by atoms with van der Waals surface area (Å²) in [6, 6.07) is 12.6. The van der Waals surface area contributed by atoms with Crippen molar-refractivity contribution in [1.82, 2.24) is 9.55 Å². The lowest BCUT2D eigenvalue weighted by molar-refractivity contribution is -0.137. The minimum absolute atomic E-state index is 0.491. The molecule has 0 bridgehead atoms. The quantitative estimate of drug-likeness (QED) is 0.539. The van der Waals surface area contributed by atoms with Crippen LogP contribution in [-0.2, 0) is 12.7 Å². The smallest absolute Gasteiger partial charge is 0.416 e. The van der Waals surface area contributed by atoms with Crippen molar-refractivity contribution < 1.29 is 17.9 Å². The standard InChI is InChI=1S/C18H12BrF3N2O/c19-16-15(11-5-7-12(8-6-11)18(20,21)22)23-17-13-3-1-2-4-14(13)25-10-9-24(16)17/h1-8H,9-10H2. The van der Waals surface area contributed by atoms with E-state index in [1.165, 1.54) is 12.1 Å². The molecule has 0 saturated carbocycles. The number of rotatable bonds is 1. The molecule has 0 fully saturated rings. The highest BCUT2D eigenvalue weighted by atomic mass is 79.9. The van der Waals surface area contributed by atoms with Crippen LogP contribution in [0.5, 0.6) is 5.75 Å². The third-order valence-corrected chi connectivity index (χ3v) is 4.90. The second-order valence-corrected chi connectivity index (χ2v) is 6.40. The molecule has 1 aliphatic heterocycles. The molecule has 0 N–H and O–H groups in total. The van der Waals surface area contributed by atoms with Gasteiger partial charge in [-0.3, -0.25) is 0 Å². The fourth-order valence-electron chi connectivity index (χ4n) is 2.87. The summed E-state index contributed by atoms with van der Waals surface area (Å²) >= 11 is 3.54. The summed E-state index contributed by atoms with van der Waals surface area (Å²) in [6.45, 7) is 1.09. The van der Waals surface area contributed by atoms with Gasteiger partial charge in [-0.15, -0.1) is 0 Å². The Morgan fingerprint density at radius 3 is 2.48 bits per heavy atom. The Bertz CT molecular complexity index is 932. The Kier molecular flexibility index (Phi) is 3.83. The Labute approximate surface area is 150 Å². The van der Waals surface area contributed by atoms with Crippen LogP contribution in [0.25, 0.3) is 22.6 Å². The third-order valence-electron chi connectivity index (χ3n) is 4.09. The SMILES string of the molecule is FC(F)(F)c1ccc(-c2nc3n(c2Br)CCOc2ccccc2-3)cc1. The molecule has 2 aromatic carbocycles. The molecule has 1 aromatic heterocycles. The molecule has 4 rings (SSSR count). The average molecular weight is 409 g/mol. The Hall–Kier alpha value is -2.28. The van der Waals surface area contributed by atoms with Crippen molar-refractivity contribution in [2.75, 3.05) is 6.61 Å². The molecule has 2 heterocycles. The first kappa shape index (κ1) is 16.2. The maximum atomic E-state index is 12.8. The van der Waals surface area contributed by atoms with Gasteiger partial charge in [0.1, 0.15) is 28.5 Å². The number of ether oxygens (including phenoxy) is 1. The maximum Gasteiger partial charge on any atom is 0.416 e. The first-order valence-corrected chi connectivity index (χ1v) is 8.40. The number of fused-ring (bicyclic) bond motifs is 3. The number of hydrogen-bond acceptors (Lipinski definition) is 2. The third kappa shape index (κ3) is 2.82. The molecule has 128 valence electrons. The molecule has 7 heteroatoms. The van der Waals surface area contributed by atoms with E-state index in [9.17, 15) is 13.2 Å². The van der Waals surface area contributed by atoms with E-state index in [-0.39, 0.29) is 0 Å². The van der Waals surface area contributed by atoms with Gasteiger partial charge in [0, 0.05) is 5.56 Å². The summed E-state index contributed by atoms with van der Waals surface area (Å²) in [6.07, 6.45) is -4.35. The summed E-state index contributed by atoms with van der Waals surface area (Å²) in [5.41, 5.74) is 1.42. The van der Waals surface area contributed by atoms with Crippen LogP contribution in [0, 0.1) is 0 Å². The number of nitrogens with zero attached hydrogens (tertiary/aromatic N) is 2. The molecule has 0 spiro atoms. The summed E-state index contributed by atoms with van der Waals surface area (Å²) in [4.78, 5) is 4.67. The Balaban J connectivity index is 1.82. The van der Waals surface area contributed by atoms with Gasteiger partial charge in [-0.05, 0) is 40.2 Å². The summed E-state index contributed by atoms with van der Waals surface area (Å²) in [5.74, 6) is 1.48. The second kappa shape index (κ2) is 5.91. The van der Waals surface area contributed by atoms with Crippen LogP contribution >= 0.6 is 15.9 Å². The molecule has 25 heavy (non-hydrogen) atoms. The zero-order valence-electron chi connectivity index (χ0n) is 12.8. The van der Waals surface area contributed by atoms with Crippen LogP contribution in [-0.4, -0.2) is 16.2 Å². The lowest BCUT2D eigenvalue weighted by Crippen LogP contribution is -2.05. The Morgan fingerprint density at radius 2 is 1.76 bits per heavy atom. The Morgan fingerprint density at radius 1 is 1.04 bits per heavy atom. The molecule has 0 saturated heterocycles. The highest BCUT2D eigenvalue weighted by Gasteiger charge is 2.30. The zero-order chi connectivity index (χ0) is 17.6. The van der Waals surface area contributed by atoms with Crippen molar-refractivity contribution >= 4 is 15.9 Å². The molecule has 3 aromatic rings. The van der Waals surface area contributed by atoms with Crippen molar-refractivity contribution in [3.63, 3.8) is 0 Å². The molecule has 0 radical (unpaired) electrons. The second-order valence-electron chi connectivity index (χ2n) is 5.65. The van der Waals surface area contributed by atoms with Gasteiger partial charge in [-0.2, -0.15) is 13.2 Å². The topological polar surface area (TPSA) is 27.1 Å². The molecular weight excluding hydrogens is 397 g/mol. The predicted octanol–water partition coefficient (Wildman–Crippen LogP) is 5.39. The molecule has 0 amide bonds. The number of para-hydroxylation sites is 1. The highest BCUT2D eigenvalue weighted by Crippen LogP contribution is 2.38. The van der Waals surface area contributed by atoms with E-state index in [2.05, 4.69) is 20.9 Å². The fourth-order valence-corrected chi connectivity index (χ4v) is 3.53. The van der Waals surface area contributed by atoms with Crippen molar-refractivity contribution in [2.45, 2.75) is 12.7 Å². The van der Waals surface area contributed by atoms with Crippen molar-refractivity contribution in [3.05, 3.63) is 58.7 Å². The molecule has 0 aliphatic carbocycles. The summed E-state index contributed by atoms with van der Waals surface area (Å²) in [7, 11) is 0. The van der Waals surface area contributed by atoms with Gasteiger partial charge in [0.2, 0.25) is 0 Å². The van der Waals surface area contributed by atoms with Gasteiger partial charge in [0.15, 0.2) is 0 Å². The number of hydrogen-bond donors (Lipinski definition) is 0. The van der Waals surface area contributed by atoms with E-state index in [1.54, 1.807) is 0 Å². The fraction of sp³-hybridized carbons (Fsp3) is 0.167. The lowest BCUT2D eigenvalue weighted by Gasteiger charge is -2.07. The molecule has 3 nitrogen and oxygen atoms in total. The van der Waals surface area contributed by atoms with Gasteiger partial charge < -0.3 is 9.30 Å². The van der Waals surface area contributed by atoms with E-state index in [0.29, 0.717) is 24.4 Å². The van der Waals surface area contributed by atoms with Gasteiger partial charge in [0.25, 0.3) is 0 Å². The van der Waals surface area contributed by atoms with Crippen molar-refractivity contribution in [3.8, 4) is 28.4 Å². The largest absolute Gasteiger partial charge is 0.491 e. The lowest BCUT2D eigenvalue weighted by atomic mass is 10.1.